The van der Waals surface area contributed by atoms with Crippen molar-refractivity contribution in [2.45, 2.75) is 13.0 Å². The van der Waals surface area contributed by atoms with Crippen molar-refractivity contribution in [3.63, 3.8) is 0 Å². The molecule has 0 bridgehead atoms. The van der Waals surface area contributed by atoms with Crippen LogP contribution in [-0.2, 0) is 17.8 Å². The lowest BCUT2D eigenvalue weighted by Crippen LogP contribution is -2.46. The first kappa shape index (κ1) is 16.8. The Balaban J connectivity index is 1.59. The number of hydrogen-bond acceptors (Lipinski definition) is 3. The quantitative estimate of drug-likeness (QED) is 0.906. The second-order valence-electron chi connectivity index (χ2n) is 5.84. The smallest absolute Gasteiger partial charge is 0.227 e. The predicted molar refractivity (Wildman–Crippen MR) is 95.4 cm³/mol. The van der Waals surface area contributed by atoms with Crippen molar-refractivity contribution in [2.75, 3.05) is 26.2 Å². The molecule has 3 rings (SSSR count). The van der Waals surface area contributed by atoms with Gasteiger partial charge in [0.15, 0.2) is 0 Å². The molecule has 0 spiro atoms. The summed E-state index contributed by atoms with van der Waals surface area (Å²) in [6.45, 7) is 3.71. The van der Waals surface area contributed by atoms with E-state index in [0.29, 0.717) is 18.1 Å². The van der Waals surface area contributed by atoms with E-state index >= 15 is 0 Å². The molecule has 1 N–H and O–H groups in total. The van der Waals surface area contributed by atoms with Crippen LogP contribution in [0.15, 0.2) is 48.5 Å². The number of benzene rings is 2. The summed E-state index contributed by atoms with van der Waals surface area (Å²) < 4.78 is 5.82. The molecule has 1 fully saturated rings. The molecular formula is C19H21ClN2O2. The first-order chi connectivity index (χ1) is 11.7. The van der Waals surface area contributed by atoms with E-state index in [1.54, 1.807) is 0 Å². The summed E-state index contributed by atoms with van der Waals surface area (Å²) in [7, 11) is 0. The van der Waals surface area contributed by atoms with Crippen molar-refractivity contribution in [3.8, 4) is 5.75 Å². The lowest BCUT2D eigenvalue weighted by molar-refractivity contribution is -0.131. The van der Waals surface area contributed by atoms with Gasteiger partial charge in [-0.15, -0.1) is 0 Å². The summed E-state index contributed by atoms with van der Waals surface area (Å²) in [5, 5.41) is 3.95. The molecule has 2 aromatic carbocycles. The Hall–Kier alpha value is -2.04. The minimum absolute atomic E-state index is 0.166. The summed E-state index contributed by atoms with van der Waals surface area (Å²) in [5.74, 6) is 0.917. The number of carbonyl (C=O) groups excluding carboxylic acids is 1. The van der Waals surface area contributed by atoms with Crippen LogP contribution < -0.4 is 10.1 Å². The molecule has 1 aliphatic heterocycles. The van der Waals surface area contributed by atoms with E-state index in [1.165, 1.54) is 0 Å². The third kappa shape index (κ3) is 4.49. The Labute approximate surface area is 147 Å². The topological polar surface area (TPSA) is 41.6 Å². The zero-order valence-corrected chi connectivity index (χ0v) is 14.3. The molecule has 5 heteroatoms. The highest BCUT2D eigenvalue weighted by molar-refractivity contribution is 6.31. The minimum atomic E-state index is 0.166. The van der Waals surface area contributed by atoms with Gasteiger partial charge in [-0.2, -0.15) is 0 Å². The molecule has 1 amide bonds. The number of piperazine rings is 1. The van der Waals surface area contributed by atoms with Crippen LogP contribution >= 0.6 is 11.6 Å². The fourth-order valence-electron chi connectivity index (χ4n) is 2.72. The average molecular weight is 345 g/mol. The number of amides is 1. The summed E-state index contributed by atoms with van der Waals surface area (Å²) in [4.78, 5) is 14.3. The number of nitrogens with zero attached hydrogens (tertiary/aromatic N) is 1. The number of nitrogens with one attached hydrogen (secondary N) is 1. The van der Waals surface area contributed by atoms with Gasteiger partial charge in [-0.1, -0.05) is 41.9 Å². The van der Waals surface area contributed by atoms with E-state index in [1.807, 2.05) is 53.4 Å². The third-order valence-corrected chi connectivity index (χ3v) is 4.44. The Morgan fingerprint density at radius 1 is 1.12 bits per heavy atom. The van der Waals surface area contributed by atoms with Crippen LogP contribution in [0.2, 0.25) is 5.02 Å². The second kappa shape index (κ2) is 8.18. The van der Waals surface area contributed by atoms with Crippen molar-refractivity contribution < 1.29 is 9.53 Å². The van der Waals surface area contributed by atoms with Crippen LogP contribution in [0.3, 0.4) is 0 Å². The largest absolute Gasteiger partial charge is 0.489 e. The zero-order chi connectivity index (χ0) is 16.8. The standard InChI is InChI=1S/C19H21ClN2O2/c20-18-7-2-1-5-16(18)14-24-17-6-3-4-15(12-17)13-19(23)22-10-8-21-9-11-22/h1-7,12,21H,8-11,13-14H2. The molecule has 0 aromatic heterocycles. The van der Waals surface area contributed by atoms with E-state index < -0.39 is 0 Å². The van der Waals surface area contributed by atoms with Crippen molar-refractivity contribution in [3.05, 3.63) is 64.7 Å². The monoisotopic (exact) mass is 344 g/mol. The summed E-state index contributed by atoms with van der Waals surface area (Å²) in [5.41, 5.74) is 1.91. The lowest BCUT2D eigenvalue weighted by atomic mass is 10.1. The van der Waals surface area contributed by atoms with Gasteiger partial charge in [-0.25, -0.2) is 0 Å². The maximum absolute atomic E-state index is 12.3. The van der Waals surface area contributed by atoms with Gasteiger partial charge in [-0.05, 0) is 23.8 Å². The van der Waals surface area contributed by atoms with Crippen LogP contribution in [0, 0.1) is 0 Å². The third-order valence-electron chi connectivity index (χ3n) is 4.08. The molecule has 0 unspecified atom stereocenters. The van der Waals surface area contributed by atoms with Gasteiger partial charge >= 0.3 is 0 Å². The molecule has 126 valence electrons. The number of rotatable bonds is 5. The van der Waals surface area contributed by atoms with Gasteiger partial charge in [0.05, 0.1) is 6.42 Å². The van der Waals surface area contributed by atoms with Crippen molar-refractivity contribution in [1.82, 2.24) is 10.2 Å². The Kier molecular flexibility index (Phi) is 5.72. The normalized spacial score (nSPS) is 14.5. The number of hydrogen-bond donors (Lipinski definition) is 1. The van der Waals surface area contributed by atoms with Crippen LogP contribution in [-0.4, -0.2) is 37.0 Å². The summed E-state index contributed by atoms with van der Waals surface area (Å²) in [6.07, 6.45) is 0.406. The highest BCUT2D eigenvalue weighted by Gasteiger charge is 2.16. The van der Waals surface area contributed by atoms with E-state index in [4.69, 9.17) is 16.3 Å². The lowest BCUT2D eigenvalue weighted by Gasteiger charge is -2.27. The van der Waals surface area contributed by atoms with Crippen molar-refractivity contribution in [2.24, 2.45) is 0 Å². The molecule has 1 saturated heterocycles. The zero-order valence-electron chi connectivity index (χ0n) is 13.5. The predicted octanol–water partition coefficient (Wildman–Crippen LogP) is 2.89. The van der Waals surface area contributed by atoms with Crippen LogP contribution in [0.25, 0.3) is 0 Å². The van der Waals surface area contributed by atoms with Gasteiger partial charge < -0.3 is 15.0 Å². The summed E-state index contributed by atoms with van der Waals surface area (Å²) in [6, 6.07) is 15.3. The second-order valence-corrected chi connectivity index (χ2v) is 6.24. The summed E-state index contributed by atoms with van der Waals surface area (Å²) >= 11 is 6.14. The number of halogens is 1. The van der Waals surface area contributed by atoms with Crippen LogP contribution in [0.4, 0.5) is 0 Å². The van der Waals surface area contributed by atoms with Crippen LogP contribution in [0.5, 0.6) is 5.75 Å². The maximum Gasteiger partial charge on any atom is 0.227 e. The fraction of sp³-hybridized carbons (Fsp3) is 0.316. The molecule has 0 aliphatic carbocycles. The van der Waals surface area contributed by atoms with E-state index in [2.05, 4.69) is 5.32 Å². The molecule has 0 atom stereocenters. The van der Waals surface area contributed by atoms with Crippen molar-refractivity contribution in [1.29, 1.82) is 0 Å². The van der Waals surface area contributed by atoms with Gasteiger partial charge in [0, 0.05) is 36.8 Å². The highest BCUT2D eigenvalue weighted by atomic mass is 35.5. The SMILES string of the molecule is O=C(Cc1cccc(OCc2ccccc2Cl)c1)N1CCNCC1. The van der Waals surface area contributed by atoms with E-state index in [-0.39, 0.29) is 5.91 Å². The first-order valence-corrected chi connectivity index (χ1v) is 8.54. The number of ether oxygens (including phenoxy) is 1. The van der Waals surface area contributed by atoms with Gasteiger partial charge in [0.1, 0.15) is 12.4 Å². The van der Waals surface area contributed by atoms with Crippen molar-refractivity contribution >= 4 is 17.5 Å². The fourth-order valence-corrected chi connectivity index (χ4v) is 2.91. The molecule has 1 aliphatic rings. The molecule has 24 heavy (non-hydrogen) atoms. The van der Waals surface area contributed by atoms with Gasteiger partial charge in [0.2, 0.25) is 5.91 Å². The molecule has 0 saturated carbocycles. The molecule has 0 radical (unpaired) electrons. The van der Waals surface area contributed by atoms with Gasteiger partial charge in [-0.3, -0.25) is 4.79 Å². The minimum Gasteiger partial charge on any atom is -0.489 e. The Morgan fingerprint density at radius 3 is 2.71 bits per heavy atom. The maximum atomic E-state index is 12.3. The highest BCUT2D eigenvalue weighted by Crippen LogP contribution is 2.20. The average Bonchev–Trinajstić information content (AvgIpc) is 2.62. The molecule has 4 nitrogen and oxygen atoms in total. The molecule has 2 aromatic rings. The van der Waals surface area contributed by atoms with E-state index in [0.717, 1.165) is 43.1 Å². The Morgan fingerprint density at radius 2 is 1.92 bits per heavy atom. The number of carbonyl (C=O) groups is 1. The molecular weight excluding hydrogens is 324 g/mol. The first-order valence-electron chi connectivity index (χ1n) is 8.16. The molecule has 1 heterocycles. The Bertz CT molecular complexity index is 699. The van der Waals surface area contributed by atoms with Gasteiger partial charge in [0.25, 0.3) is 0 Å². The van der Waals surface area contributed by atoms with E-state index in [9.17, 15) is 4.79 Å². The van der Waals surface area contributed by atoms with Crippen LogP contribution in [0.1, 0.15) is 11.1 Å².